The van der Waals surface area contributed by atoms with Crippen molar-refractivity contribution < 1.29 is 14.8 Å². The van der Waals surface area contributed by atoms with E-state index in [0.717, 1.165) is 19.3 Å². The van der Waals surface area contributed by atoms with E-state index in [4.69, 9.17) is 5.11 Å². The molecule has 0 radical (unpaired) electrons. The van der Waals surface area contributed by atoms with Crippen molar-refractivity contribution in [3.8, 4) is 0 Å². The first-order chi connectivity index (χ1) is 9.42. The van der Waals surface area contributed by atoms with Crippen LogP contribution in [0.15, 0.2) is 18.2 Å². The van der Waals surface area contributed by atoms with Crippen LogP contribution in [0.4, 0.5) is 11.4 Å². The summed E-state index contributed by atoms with van der Waals surface area (Å²) in [5.74, 6) is -0.790. The topological polar surface area (TPSA) is 92.5 Å². The van der Waals surface area contributed by atoms with Crippen LogP contribution in [0, 0.1) is 22.5 Å². The molecule has 6 heteroatoms. The average molecular weight is 278 g/mol. The maximum Gasteiger partial charge on any atom is 0.303 e. The van der Waals surface area contributed by atoms with Crippen LogP contribution in [0.1, 0.15) is 31.2 Å². The van der Waals surface area contributed by atoms with Gasteiger partial charge in [0.25, 0.3) is 5.69 Å². The molecule has 0 bridgehead atoms. The van der Waals surface area contributed by atoms with Gasteiger partial charge in [-0.3, -0.25) is 14.9 Å². The number of benzene rings is 1. The lowest BCUT2D eigenvalue weighted by Gasteiger charge is -2.41. The van der Waals surface area contributed by atoms with Gasteiger partial charge >= 0.3 is 5.97 Å². The van der Waals surface area contributed by atoms with E-state index in [1.807, 2.05) is 0 Å². The van der Waals surface area contributed by atoms with Crippen molar-refractivity contribution in [2.75, 3.05) is 11.9 Å². The summed E-state index contributed by atoms with van der Waals surface area (Å²) in [6, 6.07) is 4.99. The van der Waals surface area contributed by atoms with Crippen molar-refractivity contribution in [2.45, 2.75) is 32.6 Å². The first-order valence-corrected chi connectivity index (χ1v) is 6.63. The van der Waals surface area contributed by atoms with Crippen molar-refractivity contribution in [3.63, 3.8) is 0 Å². The van der Waals surface area contributed by atoms with Crippen LogP contribution in [0.25, 0.3) is 0 Å². The highest BCUT2D eigenvalue weighted by atomic mass is 16.6. The van der Waals surface area contributed by atoms with Crippen LogP contribution in [-0.2, 0) is 4.79 Å². The lowest BCUT2D eigenvalue weighted by Crippen LogP contribution is -2.38. The third-order valence-corrected chi connectivity index (χ3v) is 4.01. The van der Waals surface area contributed by atoms with Crippen LogP contribution < -0.4 is 5.32 Å². The highest BCUT2D eigenvalue weighted by Crippen LogP contribution is 2.44. The normalized spacial score (nSPS) is 16.2. The summed E-state index contributed by atoms with van der Waals surface area (Å²) in [6.45, 7) is 2.24. The summed E-state index contributed by atoms with van der Waals surface area (Å²) in [5, 5.41) is 23.0. The largest absolute Gasteiger partial charge is 0.481 e. The van der Waals surface area contributed by atoms with Crippen molar-refractivity contribution in [3.05, 3.63) is 33.9 Å². The van der Waals surface area contributed by atoms with Gasteiger partial charge in [-0.15, -0.1) is 0 Å². The van der Waals surface area contributed by atoms with Gasteiger partial charge in [-0.05, 0) is 31.2 Å². The number of aryl methyl sites for hydroxylation is 1. The fourth-order valence-corrected chi connectivity index (χ4v) is 2.62. The standard InChI is InChI=1S/C14H18N2O4/c1-10-3-4-11(7-12(10)16(19)20)15-9-14(5-2-6-14)8-13(17)18/h3-4,7,15H,2,5-6,8-9H2,1H3,(H,17,18). The second kappa shape index (κ2) is 5.48. The van der Waals surface area contributed by atoms with E-state index in [2.05, 4.69) is 5.32 Å². The molecule has 1 saturated carbocycles. The monoisotopic (exact) mass is 278 g/mol. The Hall–Kier alpha value is -2.11. The quantitative estimate of drug-likeness (QED) is 0.616. The number of hydrogen-bond donors (Lipinski definition) is 2. The summed E-state index contributed by atoms with van der Waals surface area (Å²) in [6.07, 6.45) is 2.97. The SMILES string of the molecule is Cc1ccc(NCC2(CC(=O)O)CCC2)cc1[N+](=O)[O-]. The van der Waals surface area contributed by atoms with Gasteiger partial charge in [0.15, 0.2) is 0 Å². The van der Waals surface area contributed by atoms with Crippen molar-refractivity contribution in [1.82, 2.24) is 0 Å². The predicted molar refractivity (Wildman–Crippen MR) is 74.9 cm³/mol. The third-order valence-electron chi connectivity index (χ3n) is 4.01. The molecule has 1 aromatic carbocycles. The second-order valence-corrected chi connectivity index (χ2v) is 5.54. The first kappa shape index (κ1) is 14.3. The smallest absolute Gasteiger partial charge is 0.303 e. The molecular weight excluding hydrogens is 260 g/mol. The molecule has 0 heterocycles. The number of nitrogens with zero attached hydrogens (tertiary/aromatic N) is 1. The second-order valence-electron chi connectivity index (χ2n) is 5.54. The molecule has 0 unspecified atom stereocenters. The first-order valence-electron chi connectivity index (χ1n) is 6.63. The summed E-state index contributed by atoms with van der Waals surface area (Å²) < 4.78 is 0. The number of anilines is 1. The molecule has 6 nitrogen and oxygen atoms in total. The Morgan fingerprint density at radius 2 is 2.20 bits per heavy atom. The molecule has 2 rings (SSSR count). The molecule has 0 amide bonds. The number of carboxylic acids is 1. The van der Waals surface area contributed by atoms with Crippen molar-refractivity contribution >= 4 is 17.3 Å². The van der Waals surface area contributed by atoms with Crippen LogP contribution in [0.3, 0.4) is 0 Å². The lowest BCUT2D eigenvalue weighted by atomic mass is 9.66. The van der Waals surface area contributed by atoms with Crippen molar-refractivity contribution in [2.24, 2.45) is 5.41 Å². The van der Waals surface area contributed by atoms with Gasteiger partial charge < -0.3 is 10.4 Å². The molecule has 0 atom stereocenters. The summed E-state index contributed by atoms with van der Waals surface area (Å²) in [7, 11) is 0. The zero-order valence-corrected chi connectivity index (χ0v) is 11.4. The lowest BCUT2D eigenvalue weighted by molar-refractivity contribution is -0.385. The van der Waals surface area contributed by atoms with Gasteiger partial charge in [0.05, 0.1) is 11.3 Å². The number of nitrogens with one attached hydrogen (secondary N) is 1. The van der Waals surface area contributed by atoms with E-state index in [-0.39, 0.29) is 17.5 Å². The number of hydrogen-bond acceptors (Lipinski definition) is 4. The summed E-state index contributed by atoms with van der Waals surface area (Å²) in [4.78, 5) is 21.4. The minimum Gasteiger partial charge on any atom is -0.481 e. The third kappa shape index (κ3) is 3.07. The van der Waals surface area contributed by atoms with E-state index in [1.54, 1.807) is 19.1 Å². The summed E-state index contributed by atoms with van der Waals surface area (Å²) >= 11 is 0. The van der Waals surface area contributed by atoms with Crippen molar-refractivity contribution in [1.29, 1.82) is 0 Å². The summed E-state index contributed by atoms with van der Waals surface area (Å²) in [5.41, 5.74) is 1.16. The maximum absolute atomic E-state index is 10.9. The van der Waals surface area contributed by atoms with E-state index < -0.39 is 10.9 Å². The average Bonchev–Trinajstić information content (AvgIpc) is 2.33. The number of carbonyl (C=O) groups is 1. The molecule has 1 aromatic rings. The Kier molecular flexibility index (Phi) is 3.92. The number of carboxylic acid groups (broad SMARTS) is 1. The van der Waals surface area contributed by atoms with Crippen LogP contribution in [0.2, 0.25) is 0 Å². The molecule has 2 N–H and O–H groups in total. The minimum absolute atomic E-state index is 0.0795. The molecule has 0 aromatic heterocycles. The van der Waals surface area contributed by atoms with Gasteiger partial charge in [0, 0.05) is 23.9 Å². The number of nitro benzene ring substituents is 1. The zero-order valence-electron chi connectivity index (χ0n) is 11.4. The number of nitro groups is 1. The minimum atomic E-state index is -0.790. The highest BCUT2D eigenvalue weighted by molar-refractivity contribution is 5.68. The van der Waals surface area contributed by atoms with E-state index in [9.17, 15) is 14.9 Å². The Bertz CT molecular complexity index is 538. The van der Waals surface area contributed by atoms with Gasteiger partial charge in [-0.1, -0.05) is 12.5 Å². The predicted octanol–water partition coefficient (Wildman–Crippen LogP) is 2.96. The number of rotatable bonds is 6. The maximum atomic E-state index is 10.9. The van der Waals surface area contributed by atoms with E-state index in [0.29, 0.717) is 17.8 Å². The molecule has 1 aliphatic rings. The zero-order chi connectivity index (χ0) is 14.8. The van der Waals surface area contributed by atoms with Gasteiger partial charge in [-0.2, -0.15) is 0 Å². The van der Waals surface area contributed by atoms with E-state index >= 15 is 0 Å². The molecule has 1 fully saturated rings. The Morgan fingerprint density at radius 1 is 1.50 bits per heavy atom. The molecule has 108 valence electrons. The highest BCUT2D eigenvalue weighted by Gasteiger charge is 2.38. The van der Waals surface area contributed by atoms with Crippen LogP contribution >= 0.6 is 0 Å². The molecule has 1 aliphatic carbocycles. The number of aliphatic carboxylic acids is 1. The molecule has 0 saturated heterocycles. The molecule has 0 aliphatic heterocycles. The molecule has 0 spiro atoms. The Balaban J connectivity index is 2.05. The van der Waals surface area contributed by atoms with Gasteiger partial charge in [0.1, 0.15) is 0 Å². The fraction of sp³-hybridized carbons (Fsp3) is 0.500. The Labute approximate surface area is 117 Å². The fourth-order valence-electron chi connectivity index (χ4n) is 2.62. The van der Waals surface area contributed by atoms with E-state index in [1.165, 1.54) is 6.07 Å². The van der Waals surface area contributed by atoms with Crippen LogP contribution in [-0.4, -0.2) is 22.5 Å². The molecular formula is C14H18N2O4. The molecule has 20 heavy (non-hydrogen) atoms. The van der Waals surface area contributed by atoms with Crippen LogP contribution in [0.5, 0.6) is 0 Å². The van der Waals surface area contributed by atoms with Gasteiger partial charge in [0.2, 0.25) is 0 Å². The Morgan fingerprint density at radius 3 is 2.70 bits per heavy atom. The van der Waals surface area contributed by atoms with Gasteiger partial charge in [-0.25, -0.2) is 0 Å².